The van der Waals surface area contributed by atoms with Crippen molar-refractivity contribution >= 4 is 33.0 Å². The number of halogens is 3. The van der Waals surface area contributed by atoms with Gasteiger partial charge in [-0.05, 0) is 43.7 Å². The van der Waals surface area contributed by atoms with Crippen LogP contribution in [0.25, 0.3) is 22.6 Å². The number of likely N-dealkylation sites (tertiary alicyclic amines) is 1. The molecule has 30 heavy (non-hydrogen) atoms. The molecule has 3 aromatic rings. The molecule has 6 nitrogen and oxygen atoms in total. The van der Waals surface area contributed by atoms with Crippen LogP contribution in [0.1, 0.15) is 17.5 Å². The van der Waals surface area contributed by atoms with E-state index in [-0.39, 0.29) is 5.75 Å². The lowest BCUT2D eigenvalue weighted by molar-refractivity contribution is -0.141. The number of benzene rings is 2. The number of carboxylic acid groups (broad SMARTS) is 1. The van der Waals surface area contributed by atoms with Crippen molar-refractivity contribution in [2.75, 3.05) is 13.1 Å². The van der Waals surface area contributed by atoms with Crippen LogP contribution in [-0.4, -0.2) is 40.7 Å². The van der Waals surface area contributed by atoms with Crippen molar-refractivity contribution in [3.05, 3.63) is 45.9 Å². The maximum Gasteiger partial charge on any atom is 0.387 e. The first-order chi connectivity index (χ1) is 14.3. The number of carbonyl (C=O) groups is 1. The van der Waals surface area contributed by atoms with Crippen LogP contribution in [0.4, 0.5) is 8.78 Å². The van der Waals surface area contributed by atoms with E-state index in [4.69, 9.17) is 9.15 Å². The lowest BCUT2D eigenvalue weighted by Gasteiger charge is -2.17. The molecule has 0 amide bonds. The van der Waals surface area contributed by atoms with Crippen molar-refractivity contribution < 1.29 is 27.8 Å². The van der Waals surface area contributed by atoms with E-state index < -0.39 is 18.5 Å². The van der Waals surface area contributed by atoms with Gasteiger partial charge in [0.05, 0.1) is 5.92 Å². The second-order valence-electron chi connectivity index (χ2n) is 7.30. The molecule has 0 radical (unpaired) electrons. The summed E-state index contributed by atoms with van der Waals surface area (Å²) < 4.78 is 37.4. The third-order valence-electron chi connectivity index (χ3n) is 5.30. The normalized spacial score (nSPS) is 17.2. The minimum absolute atomic E-state index is 0.00457. The standard InChI is InChI=1S/C21H19BrF2N2O4/c1-11-14(3-2-4-15(11)22)19-25-16-7-13(10-26-6-5-12(9-26)20(27)28)17(30-21(23)24)8-18(16)29-19/h2-4,7-8,12,21H,5-6,9-10H2,1H3,(H,27,28). The molecule has 1 N–H and O–H groups in total. The van der Waals surface area contributed by atoms with Crippen molar-refractivity contribution in [2.45, 2.75) is 26.5 Å². The number of alkyl halides is 2. The van der Waals surface area contributed by atoms with E-state index in [1.54, 1.807) is 6.07 Å². The number of nitrogens with zero attached hydrogens (tertiary/aromatic N) is 2. The Morgan fingerprint density at radius 3 is 2.93 bits per heavy atom. The Morgan fingerprint density at radius 2 is 2.23 bits per heavy atom. The highest BCUT2D eigenvalue weighted by molar-refractivity contribution is 9.10. The number of aliphatic carboxylic acids is 1. The number of hydrogen-bond acceptors (Lipinski definition) is 5. The van der Waals surface area contributed by atoms with Crippen molar-refractivity contribution in [1.82, 2.24) is 9.88 Å². The van der Waals surface area contributed by atoms with Crippen LogP contribution in [0.5, 0.6) is 5.75 Å². The van der Waals surface area contributed by atoms with Gasteiger partial charge < -0.3 is 14.3 Å². The van der Waals surface area contributed by atoms with Crippen LogP contribution in [0, 0.1) is 12.8 Å². The number of hydrogen-bond donors (Lipinski definition) is 1. The van der Waals surface area contributed by atoms with Crippen LogP contribution in [0.3, 0.4) is 0 Å². The fourth-order valence-corrected chi connectivity index (χ4v) is 4.07. The molecule has 1 saturated heterocycles. The summed E-state index contributed by atoms with van der Waals surface area (Å²) >= 11 is 3.48. The fraction of sp³-hybridized carbons (Fsp3) is 0.333. The predicted molar refractivity (Wildman–Crippen MR) is 110 cm³/mol. The van der Waals surface area contributed by atoms with Gasteiger partial charge in [-0.3, -0.25) is 9.69 Å². The molecule has 0 aliphatic carbocycles. The smallest absolute Gasteiger partial charge is 0.387 e. The second-order valence-corrected chi connectivity index (χ2v) is 8.15. The van der Waals surface area contributed by atoms with Gasteiger partial charge in [0.25, 0.3) is 0 Å². The highest BCUT2D eigenvalue weighted by atomic mass is 79.9. The zero-order valence-electron chi connectivity index (χ0n) is 16.1. The van der Waals surface area contributed by atoms with Gasteiger partial charge in [0.15, 0.2) is 5.58 Å². The average Bonchev–Trinajstić information content (AvgIpc) is 3.30. The average molecular weight is 481 g/mol. The summed E-state index contributed by atoms with van der Waals surface area (Å²) in [6.45, 7) is 0.172. The molecule has 0 bridgehead atoms. The van der Waals surface area contributed by atoms with E-state index in [9.17, 15) is 18.7 Å². The molecule has 0 saturated carbocycles. The van der Waals surface area contributed by atoms with E-state index in [1.807, 2.05) is 30.0 Å². The number of oxazole rings is 1. The first-order valence-corrected chi connectivity index (χ1v) is 10.2. The summed E-state index contributed by atoms with van der Waals surface area (Å²) in [6, 6.07) is 8.74. The first-order valence-electron chi connectivity index (χ1n) is 9.40. The molecule has 1 aromatic heterocycles. The fourth-order valence-electron chi connectivity index (χ4n) is 3.70. The van der Waals surface area contributed by atoms with Gasteiger partial charge in [-0.2, -0.15) is 8.78 Å². The molecule has 1 aliphatic heterocycles. The van der Waals surface area contributed by atoms with Crippen LogP contribution in [-0.2, 0) is 11.3 Å². The maximum absolute atomic E-state index is 13.0. The molecule has 9 heteroatoms. The van der Waals surface area contributed by atoms with E-state index in [0.29, 0.717) is 48.6 Å². The van der Waals surface area contributed by atoms with Crippen molar-refractivity contribution in [3.63, 3.8) is 0 Å². The molecule has 158 valence electrons. The molecule has 1 aliphatic rings. The molecule has 4 rings (SSSR count). The van der Waals surface area contributed by atoms with E-state index in [0.717, 1.165) is 15.6 Å². The van der Waals surface area contributed by atoms with Gasteiger partial charge in [-0.1, -0.05) is 22.0 Å². The number of fused-ring (bicyclic) bond motifs is 1. The molecule has 0 spiro atoms. The van der Waals surface area contributed by atoms with Gasteiger partial charge in [0, 0.05) is 34.8 Å². The van der Waals surface area contributed by atoms with Crippen LogP contribution < -0.4 is 4.74 Å². The van der Waals surface area contributed by atoms with Gasteiger partial charge in [-0.25, -0.2) is 4.98 Å². The largest absolute Gasteiger partial charge is 0.481 e. The highest BCUT2D eigenvalue weighted by Crippen LogP contribution is 2.34. The SMILES string of the molecule is Cc1c(Br)cccc1-c1nc2cc(CN3CCC(C(=O)O)C3)c(OC(F)F)cc2o1. The first kappa shape index (κ1) is 20.7. The van der Waals surface area contributed by atoms with E-state index in [1.165, 1.54) is 6.07 Å². The summed E-state index contributed by atoms with van der Waals surface area (Å²) in [4.78, 5) is 17.7. The summed E-state index contributed by atoms with van der Waals surface area (Å²) in [5, 5.41) is 9.19. The molecule has 1 unspecified atom stereocenters. The third kappa shape index (κ3) is 4.17. The Hall–Kier alpha value is -2.52. The molecule has 2 aromatic carbocycles. The molecule has 1 fully saturated rings. The summed E-state index contributed by atoms with van der Waals surface area (Å²) in [7, 11) is 0. The Bertz CT molecular complexity index is 1100. The summed E-state index contributed by atoms with van der Waals surface area (Å²) in [5.41, 5.74) is 3.12. The maximum atomic E-state index is 13.0. The van der Waals surface area contributed by atoms with Gasteiger partial charge in [-0.15, -0.1) is 0 Å². The lowest BCUT2D eigenvalue weighted by atomic mass is 10.1. The molecular formula is C21H19BrF2N2O4. The zero-order valence-corrected chi connectivity index (χ0v) is 17.7. The third-order valence-corrected chi connectivity index (χ3v) is 6.16. The van der Waals surface area contributed by atoms with Crippen molar-refractivity contribution in [1.29, 1.82) is 0 Å². The zero-order chi connectivity index (χ0) is 21.4. The van der Waals surface area contributed by atoms with Gasteiger partial charge in [0.1, 0.15) is 11.3 Å². The summed E-state index contributed by atoms with van der Waals surface area (Å²) in [5.74, 6) is -0.908. The Morgan fingerprint density at radius 1 is 1.43 bits per heavy atom. The summed E-state index contributed by atoms with van der Waals surface area (Å²) in [6.07, 6.45) is 0.527. The predicted octanol–water partition coefficient (Wildman–Crippen LogP) is 5.07. The number of carboxylic acids is 1. The van der Waals surface area contributed by atoms with Crippen LogP contribution in [0.2, 0.25) is 0 Å². The highest BCUT2D eigenvalue weighted by Gasteiger charge is 2.29. The number of ether oxygens (including phenoxy) is 1. The number of aromatic nitrogens is 1. The Balaban J connectivity index is 1.70. The molecule has 2 heterocycles. The van der Waals surface area contributed by atoms with Crippen LogP contribution in [0.15, 0.2) is 39.2 Å². The second kappa shape index (κ2) is 8.31. The topological polar surface area (TPSA) is 75.8 Å². The lowest BCUT2D eigenvalue weighted by Crippen LogP contribution is -2.23. The molecular weight excluding hydrogens is 462 g/mol. The monoisotopic (exact) mass is 480 g/mol. The van der Waals surface area contributed by atoms with Crippen molar-refractivity contribution in [2.24, 2.45) is 5.92 Å². The minimum Gasteiger partial charge on any atom is -0.481 e. The van der Waals surface area contributed by atoms with Gasteiger partial charge in [0.2, 0.25) is 5.89 Å². The van der Waals surface area contributed by atoms with Crippen LogP contribution >= 0.6 is 15.9 Å². The number of rotatable bonds is 6. The Kier molecular flexibility index (Phi) is 5.75. The molecule has 1 atom stereocenters. The van der Waals surface area contributed by atoms with Gasteiger partial charge >= 0.3 is 12.6 Å². The van der Waals surface area contributed by atoms with E-state index >= 15 is 0 Å². The Labute approximate surface area is 179 Å². The quantitative estimate of drug-likeness (QED) is 0.530. The van der Waals surface area contributed by atoms with E-state index in [2.05, 4.69) is 20.9 Å². The minimum atomic E-state index is -2.98. The van der Waals surface area contributed by atoms with Crippen molar-refractivity contribution in [3.8, 4) is 17.2 Å².